The van der Waals surface area contributed by atoms with E-state index in [0.29, 0.717) is 24.5 Å². The second-order valence-electron chi connectivity index (χ2n) is 4.38. The Labute approximate surface area is 120 Å². The van der Waals surface area contributed by atoms with Crippen LogP contribution in [0.3, 0.4) is 0 Å². The molecule has 2 N–H and O–H groups in total. The van der Waals surface area contributed by atoms with Crippen LogP contribution in [0.15, 0.2) is 58.0 Å². The molecule has 2 aliphatic heterocycles. The SMILES string of the molecule is O=C(O)C1=C2CC=NC2=NCN1.c1ccn2ccnc2c1. The quantitative estimate of drug-likeness (QED) is 0.819. The van der Waals surface area contributed by atoms with Crippen molar-refractivity contribution in [2.75, 3.05) is 6.67 Å². The van der Waals surface area contributed by atoms with Crippen molar-refractivity contribution < 1.29 is 9.90 Å². The Kier molecular flexibility index (Phi) is 3.46. The van der Waals surface area contributed by atoms with Crippen LogP contribution in [0.5, 0.6) is 0 Å². The first kappa shape index (κ1) is 13.0. The van der Waals surface area contributed by atoms with Gasteiger partial charge in [0.05, 0.1) is 0 Å². The molecule has 0 unspecified atom stereocenters. The van der Waals surface area contributed by atoms with Crippen molar-refractivity contribution in [3.8, 4) is 0 Å². The van der Waals surface area contributed by atoms with Crippen molar-refractivity contribution in [3.05, 3.63) is 48.1 Å². The highest BCUT2D eigenvalue weighted by Gasteiger charge is 2.23. The Morgan fingerprint density at radius 2 is 2.24 bits per heavy atom. The van der Waals surface area contributed by atoms with E-state index in [9.17, 15) is 4.79 Å². The third-order valence-corrected chi connectivity index (χ3v) is 3.08. The number of hydrogen-bond donors (Lipinski definition) is 2. The molecule has 7 heteroatoms. The maximum atomic E-state index is 10.7. The van der Waals surface area contributed by atoms with E-state index in [2.05, 4.69) is 20.3 Å². The lowest BCUT2D eigenvalue weighted by atomic mass is 10.1. The fraction of sp³-hybridized carbons (Fsp3) is 0.143. The highest BCUT2D eigenvalue weighted by molar-refractivity contribution is 6.13. The molecule has 2 aromatic rings. The largest absolute Gasteiger partial charge is 0.477 e. The van der Waals surface area contributed by atoms with E-state index in [4.69, 9.17) is 5.11 Å². The minimum atomic E-state index is -0.942. The van der Waals surface area contributed by atoms with Gasteiger partial charge in [-0.15, -0.1) is 0 Å². The number of aromatic nitrogens is 2. The molecule has 0 fully saturated rings. The first-order valence-corrected chi connectivity index (χ1v) is 6.41. The lowest BCUT2D eigenvalue weighted by molar-refractivity contribution is -0.133. The molecule has 0 saturated carbocycles. The summed E-state index contributed by atoms with van der Waals surface area (Å²) in [4.78, 5) is 22.7. The van der Waals surface area contributed by atoms with E-state index in [-0.39, 0.29) is 5.70 Å². The fourth-order valence-corrected chi connectivity index (χ4v) is 2.11. The summed E-state index contributed by atoms with van der Waals surface area (Å²) in [5.41, 5.74) is 1.92. The number of carbonyl (C=O) groups is 1. The summed E-state index contributed by atoms with van der Waals surface area (Å²) in [6, 6.07) is 5.93. The standard InChI is InChI=1S/C7H7N3O2.C7H6N2/c11-7(12)5-4-1-2-8-6(4)10-3-9-5;1-2-5-9-6-4-8-7(9)3-1/h2,9H,1,3H2,(H,11,12);1-6H. The van der Waals surface area contributed by atoms with Crippen LogP contribution >= 0.6 is 0 Å². The zero-order valence-electron chi connectivity index (χ0n) is 11.1. The van der Waals surface area contributed by atoms with Crippen LogP contribution in [-0.4, -0.2) is 39.2 Å². The number of amidine groups is 1. The summed E-state index contributed by atoms with van der Waals surface area (Å²) in [6.45, 7) is 0.303. The molecule has 0 amide bonds. The first-order chi connectivity index (χ1) is 10.3. The molecule has 0 saturated heterocycles. The van der Waals surface area contributed by atoms with Gasteiger partial charge in [0.25, 0.3) is 0 Å². The van der Waals surface area contributed by atoms with Gasteiger partial charge in [0.2, 0.25) is 0 Å². The summed E-state index contributed by atoms with van der Waals surface area (Å²) < 4.78 is 1.97. The normalized spacial score (nSPS) is 15.9. The zero-order valence-corrected chi connectivity index (χ0v) is 11.1. The number of carboxylic acid groups (broad SMARTS) is 1. The van der Waals surface area contributed by atoms with Crippen LogP contribution in [0.2, 0.25) is 0 Å². The van der Waals surface area contributed by atoms with E-state index in [0.717, 1.165) is 5.65 Å². The van der Waals surface area contributed by atoms with E-state index < -0.39 is 5.97 Å². The number of nitrogens with one attached hydrogen (secondary N) is 1. The van der Waals surface area contributed by atoms with E-state index in [1.807, 2.05) is 35.0 Å². The Morgan fingerprint density at radius 3 is 3.05 bits per heavy atom. The number of pyridine rings is 1. The van der Waals surface area contributed by atoms with Crippen molar-refractivity contribution in [1.29, 1.82) is 0 Å². The number of fused-ring (bicyclic) bond motifs is 2. The van der Waals surface area contributed by atoms with Crippen molar-refractivity contribution >= 4 is 23.7 Å². The second kappa shape index (κ2) is 5.58. The average molecular weight is 283 g/mol. The van der Waals surface area contributed by atoms with Crippen LogP contribution in [0.4, 0.5) is 0 Å². The van der Waals surface area contributed by atoms with Gasteiger partial charge in [0, 0.05) is 36.8 Å². The van der Waals surface area contributed by atoms with Crippen LogP contribution in [0, 0.1) is 0 Å². The number of carboxylic acids is 1. The van der Waals surface area contributed by atoms with Crippen molar-refractivity contribution in [2.45, 2.75) is 6.42 Å². The molecular formula is C14H13N5O2. The van der Waals surface area contributed by atoms with Gasteiger partial charge in [0.1, 0.15) is 18.0 Å². The van der Waals surface area contributed by atoms with Gasteiger partial charge in [-0.25, -0.2) is 19.8 Å². The lowest BCUT2D eigenvalue weighted by Crippen LogP contribution is -2.27. The molecule has 2 aliphatic rings. The molecule has 4 heterocycles. The number of nitrogens with zero attached hydrogens (tertiary/aromatic N) is 4. The molecule has 2 aromatic heterocycles. The summed E-state index contributed by atoms with van der Waals surface area (Å²) in [7, 11) is 0. The molecule has 0 bridgehead atoms. The topological polar surface area (TPSA) is 91.3 Å². The number of aliphatic imine (C=N–C) groups is 2. The molecule has 21 heavy (non-hydrogen) atoms. The maximum Gasteiger partial charge on any atom is 0.352 e. The average Bonchev–Trinajstić information content (AvgIpc) is 3.16. The highest BCUT2D eigenvalue weighted by atomic mass is 16.4. The fourth-order valence-electron chi connectivity index (χ4n) is 2.11. The predicted molar refractivity (Wildman–Crippen MR) is 78.4 cm³/mol. The van der Waals surface area contributed by atoms with Crippen LogP contribution in [0.1, 0.15) is 6.42 Å². The number of rotatable bonds is 1. The summed E-state index contributed by atoms with van der Waals surface area (Å²) >= 11 is 0. The van der Waals surface area contributed by atoms with Gasteiger partial charge < -0.3 is 14.8 Å². The number of imidazole rings is 1. The molecule has 0 aromatic carbocycles. The molecule has 106 valence electrons. The van der Waals surface area contributed by atoms with Crippen molar-refractivity contribution in [3.63, 3.8) is 0 Å². The minimum absolute atomic E-state index is 0.234. The summed E-state index contributed by atoms with van der Waals surface area (Å²) in [6.07, 6.45) is 7.92. The van der Waals surface area contributed by atoms with E-state index in [1.54, 1.807) is 12.4 Å². The third-order valence-electron chi connectivity index (χ3n) is 3.08. The smallest absolute Gasteiger partial charge is 0.352 e. The van der Waals surface area contributed by atoms with Crippen LogP contribution < -0.4 is 5.32 Å². The molecule has 7 nitrogen and oxygen atoms in total. The highest BCUT2D eigenvalue weighted by Crippen LogP contribution is 2.17. The van der Waals surface area contributed by atoms with Gasteiger partial charge in [-0.3, -0.25) is 0 Å². The predicted octanol–water partition coefficient (Wildman–Crippen LogP) is 1.09. The van der Waals surface area contributed by atoms with Crippen LogP contribution in [-0.2, 0) is 4.79 Å². The van der Waals surface area contributed by atoms with Gasteiger partial charge in [0.15, 0.2) is 5.84 Å². The molecule has 0 atom stereocenters. The second-order valence-corrected chi connectivity index (χ2v) is 4.38. The monoisotopic (exact) mass is 283 g/mol. The lowest BCUT2D eigenvalue weighted by Gasteiger charge is -2.12. The van der Waals surface area contributed by atoms with Crippen molar-refractivity contribution in [1.82, 2.24) is 14.7 Å². The maximum absolute atomic E-state index is 10.7. The Hall–Kier alpha value is -2.96. The molecule has 0 radical (unpaired) electrons. The molecular weight excluding hydrogens is 270 g/mol. The van der Waals surface area contributed by atoms with Crippen LogP contribution in [0.25, 0.3) is 5.65 Å². The molecule has 0 spiro atoms. The molecule has 4 rings (SSSR count). The van der Waals surface area contributed by atoms with E-state index >= 15 is 0 Å². The Bertz CT molecular complexity index is 742. The van der Waals surface area contributed by atoms with Crippen molar-refractivity contribution in [2.24, 2.45) is 9.98 Å². The zero-order chi connectivity index (χ0) is 14.7. The van der Waals surface area contributed by atoms with Gasteiger partial charge >= 0.3 is 5.97 Å². The number of aliphatic carboxylic acids is 1. The summed E-state index contributed by atoms with van der Waals surface area (Å²) in [5, 5.41) is 11.5. The third kappa shape index (κ3) is 2.66. The van der Waals surface area contributed by atoms with E-state index in [1.165, 1.54) is 0 Å². The summed E-state index contributed by atoms with van der Waals surface area (Å²) in [5.74, 6) is -0.381. The van der Waals surface area contributed by atoms with Gasteiger partial charge in [-0.1, -0.05) is 6.07 Å². The van der Waals surface area contributed by atoms with Gasteiger partial charge in [-0.2, -0.15) is 0 Å². The Morgan fingerprint density at radius 1 is 1.33 bits per heavy atom. The first-order valence-electron chi connectivity index (χ1n) is 6.41. The Balaban J connectivity index is 0.000000131. The molecule has 0 aliphatic carbocycles. The number of hydrogen-bond acceptors (Lipinski definition) is 5. The minimum Gasteiger partial charge on any atom is -0.477 e. The van der Waals surface area contributed by atoms with Gasteiger partial charge in [-0.05, 0) is 12.1 Å².